The summed E-state index contributed by atoms with van der Waals surface area (Å²) in [5, 5.41) is 4.09. The monoisotopic (exact) mass is 462 g/mol. The average molecular weight is 463 g/mol. The Kier molecular flexibility index (Phi) is 6.79. The Bertz CT molecular complexity index is 1160. The first-order valence-corrected chi connectivity index (χ1v) is 11.7. The molecule has 172 valence electrons. The number of hydrogen-bond donors (Lipinski definition) is 1. The van der Waals surface area contributed by atoms with Crippen molar-refractivity contribution in [2.75, 3.05) is 13.7 Å². The number of nitrogens with one attached hydrogen (secondary N) is 1. The van der Waals surface area contributed by atoms with Crippen LogP contribution in [0.2, 0.25) is 0 Å². The topological polar surface area (TPSA) is 59.4 Å². The molecule has 3 aromatic rings. The molecule has 6 nitrogen and oxygen atoms in total. The lowest BCUT2D eigenvalue weighted by Crippen LogP contribution is -2.32. The third kappa shape index (κ3) is 4.37. The zero-order chi connectivity index (χ0) is 23.5. The maximum absolute atomic E-state index is 11.9. The van der Waals surface area contributed by atoms with Crippen molar-refractivity contribution in [3.05, 3.63) is 82.9 Å². The molecule has 33 heavy (non-hydrogen) atoms. The number of hydrogen-bond acceptors (Lipinski definition) is 4. The molecule has 1 fully saturated rings. The van der Waals surface area contributed by atoms with E-state index in [2.05, 4.69) is 70.9 Å². The quantitative estimate of drug-likeness (QED) is 0.410. The summed E-state index contributed by atoms with van der Waals surface area (Å²) in [6, 6.07) is 16.5. The van der Waals surface area contributed by atoms with Crippen molar-refractivity contribution >= 4 is 23.3 Å². The summed E-state index contributed by atoms with van der Waals surface area (Å²) in [4.78, 5) is 18.6. The molecule has 7 heteroatoms. The summed E-state index contributed by atoms with van der Waals surface area (Å²) < 4.78 is 7.21. The second-order valence-electron chi connectivity index (χ2n) is 8.29. The number of para-hydroxylation sites is 1. The first-order valence-electron chi connectivity index (χ1n) is 11.3. The number of thiocarbonyl (C=S) groups is 1. The lowest BCUT2D eigenvalue weighted by Gasteiger charge is -2.28. The fraction of sp³-hybridized carbons (Fsp3) is 0.346. The van der Waals surface area contributed by atoms with Gasteiger partial charge in [-0.15, -0.1) is 0 Å². The van der Waals surface area contributed by atoms with Crippen molar-refractivity contribution in [1.29, 1.82) is 0 Å². The van der Waals surface area contributed by atoms with Crippen LogP contribution in [-0.2, 0) is 16.0 Å². The molecule has 1 aliphatic heterocycles. The summed E-state index contributed by atoms with van der Waals surface area (Å²) in [6.45, 7) is 6.95. The summed E-state index contributed by atoms with van der Waals surface area (Å²) >= 11 is 5.73. The minimum Gasteiger partial charge on any atom is -0.469 e. The maximum atomic E-state index is 11.9. The van der Waals surface area contributed by atoms with E-state index in [9.17, 15) is 4.79 Å². The molecule has 0 amide bonds. The Labute approximate surface area is 200 Å². The number of carbonyl (C=O) groups excluding carboxylic acids is 1. The number of benzene rings is 1. The molecule has 2 aromatic heterocycles. The van der Waals surface area contributed by atoms with Crippen LogP contribution in [-0.4, -0.2) is 39.2 Å². The van der Waals surface area contributed by atoms with Gasteiger partial charge in [0, 0.05) is 29.8 Å². The van der Waals surface area contributed by atoms with Gasteiger partial charge in [0.25, 0.3) is 0 Å². The van der Waals surface area contributed by atoms with Gasteiger partial charge in [-0.25, -0.2) is 0 Å². The van der Waals surface area contributed by atoms with E-state index in [0.717, 1.165) is 23.5 Å². The predicted molar refractivity (Wildman–Crippen MR) is 133 cm³/mol. The van der Waals surface area contributed by atoms with Gasteiger partial charge < -0.3 is 19.5 Å². The number of esters is 1. The van der Waals surface area contributed by atoms with E-state index in [1.807, 2.05) is 18.2 Å². The third-order valence-corrected chi connectivity index (χ3v) is 6.74. The van der Waals surface area contributed by atoms with Crippen LogP contribution in [0.4, 0.5) is 0 Å². The van der Waals surface area contributed by atoms with Crippen LogP contribution < -0.4 is 5.32 Å². The molecule has 1 aliphatic rings. The number of nitrogens with zero attached hydrogens (tertiary/aromatic N) is 3. The molecular formula is C26H30N4O2S. The van der Waals surface area contributed by atoms with Crippen LogP contribution in [0.15, 0.2) is 54.7 Å². The Morgan fingerprint density at radius 3 is 2.64 bits per heavy atom. The minimum absolute atomic E-state index is 0.0919. The number of aryl methyl sites for hydroxylation is 2. The summed E-state index contributed by atoms with van der Waals surface area (Å²) in [6.07, 6.45) is 3.02. The number of ether oxygens (including phenoxy) is 1. The molecule has 2 atom stereocenters. The summed E-state index contributed by atoms with van der Waals surface area (Å²) in [7, 11) is 1.41. The van der Waals surface area contributed by atoms with Crippen molar-refractivity contribution in [2.45, 2.75) is 45.7 Å². The zero-order valence-corrected chi connectivity index (χ0v) is 20.4. The van der Waals surface area contributed by atoms with E-state index in [1.54, 1.807) is 6.20 Å². The van der Waals surface area contributed by atoms with E-state index in [4.69, 9.17) is 17.0 Å². The molecular weight excluding hydrogens is 432 g/mol. The highest BCUT2D eigenvalue weighted by molar-refractivity contribution is 7.80. The van der Waals surface area contributed by atoms with Gasteiger partial charge in [0.1, 0.15) is 0 Å². The van der Waals surface area contributed by atoms with Crippen molar-refractivity contribution in [3.8, 4) is 5.69 Å². The standard InChI is InChI=1S/C26H30N4O2S/c1-5-19-10-6-7-12-22(19)30-17(2)16-20(18(30)3)25-24(21-11-8-9-14-27-21)28-26(33)29(25)15-13-23(31)32-4/h6-12,14,16,24-25H,5,13,15H2,1-4H3,(H,28,33)/t24-,25-/m0/s1. The van der Waals surface area contributed by atoms with Gasteiger partial charge in [-0.3, -0.25) is 9.78 Å². The van der Waals surface area contributed by atoms with E-state index < -0.39 is 0 Å². The molecule has 1 N–H and O–H groups in total. The zero-order valence-electron chi connectivity index (χ0n) is 19.5. The molecule has 0 bridgehead atoms. The first kappa shape index (κ1) is 23.0. The Morgan fingerprint density at radius 2 is 1.94 bits per heavy atom. The van der Waals surface area contributed by atoms with Crippen LogP contribution >= 0.6 is 12.2 Å². The Morgan fingerprint density at radius 1 is 1.18 bits per heavy atom. The van der Waals surface area contributed by atoms with Crippen LogP contribution in [0.1, 0.15) is 53.6 Å². The van der Waals surface area contributed by atoms with Gasteiger partial charge in [0.05, 0.1) is 31.3 Å². The van der Waals surface area contributed by atoms with Crippen LogP contribution in [0.3, 0.4) is 0 Å². The molecule has 1 saturated heterocycles. The molecule has 0 radical (unpaired) electrons. The smallest absolute Gasteiger partial charge is 0.307 e. The normalized spacial score (nSPS) is 17.8. The van der Waals surface area contributed by atoms with Gasteiger partial charge in [0.15, 0.2) is 5.11 Å². The van der Waals surface area contributed by atoms with Crippen molar-refractivity contribution in [1.82, 2.24) is 19.8 Å². The van der Waals surface area contributed by atoms with Crippen molar-refractivity contribution in [3.63, 3.8) is 0 Å². The molecule has 4 rings (SSSR count). The lowest BCUT2D eigenvalue weighted by molar-refractivity contribution is -0.140. The van der Waals surface area contributed by atoms with Gasteiger partial charge in [-0.2, -0.15) is 0 Å². The Balaban J connectivity index is 1.81. The first-order chi connectivity index (χ1) is 16.0. The third-order valence-electron chi connectivity index (χ3n) is 6.38. The van der Waals surface area contributed by atoms with Gasteiger partial charge in [0.2, 0.25) is 0 Å². The van der Waals surface area contributed by atoms with E-state index >= 15 is 0 Å². The van der Waals surface area contributed by atoms with Crippen molar-refractivity contribution in [2.24, 2.45) is 0 Å². The summed E-state index contributed by atoms with van der Waals surface area (Å²) in [5.41, 5.74) is 6.92. The highest BCUT2D eigenvalue weighted by atomic mass is 32.1. The fourth-order valence-corrected chi connectivity index (χ4v) is 5.12. The fourth-order valence-electron chi connectivity index (χ4n) is 4.78. The van der Waals surface area contributed by atoms with E-state index in [-0.39, 0.29) is 24.5 Å². The van der Waals surface area contributed by atoms with E-state index in [1.165, 1.54) is 23.9 Å². The molecule has 0 spiro atoms. The van der Waals surface area contributed by atoms with Crippen molar-refractivity contribution < 1.29 is 9.53 Å². The number of pyridine rings is 1. The van der Waals surface area contributed by atoms with Crippen LogP contribution in [0, 0.1) is 13.8 Å². The molecule has 0 aliphatic carbocycles. The van der Waals surface area contributed by atoms with Crippen LogP contribution in [0.5, 0.6) is 0 Å². The van der Waals surface area contributed by atoms with Gasteiger partial charge in [-0.05, 0) is 67.9 Å². The van der Waals surface area contributed by atoms with Gasteiger partial charge >= 0.3 is 5.97 Å². The van der Waals surface area contributed by atoms with E-state index in [0.29, 0.717) is 11.7 Å². The van der Waals surface area contributed by atoms with Crippen LogP contribution in [0.25, 0.3) is 5.69 Å². The maximum Gasteiger partial charge on any atom is 0.307 e. The predicted octanol–water partition coefficient (Wildman–Crippen LogP) is 4.59. The Hall–Kier alpha value is -3.19. The van der Waals surface area contributed by atoms with Gasteiger partial charge in [-0.1, -0.05) is 31.2 Å². The SMILES string of the molecule is CCc1ccccc1-n1c(C)cc([C@H]2[C@H](c3ccccn3)NC(=S)N2CCC(=O)OC)c1C. The largest absolute Gasteiger partial charge is 0.469 e. The highest BCUT2D eigenvalue weighted by Crippen LogP contribution is 2.41. The average Bonchev–Trinajstić information content (AvgIpc) is 3.32. The molecule has 0 unspecified atom stereocenters. The lowest BCUT2D eigenvalue weighted by atomic mass is 9.96. The highest BCUT2D eigenvalue weighted by Gasteiger charge is 2.41. The second-order valence-corrected chi connectivity index (χ2v) is 8.68. The number of carbonyl (C=O) groups is 1. The molecule has 1 aromatic carbocycles. The molecule has 3 heterocycles. The number of rotatable bonds is 7. The second kappa shape index (κ2) is 9.75. The summed E-state index contributed by atoms with van der Waals surface area (Å²) in [5.74, 6) is -0.250. The molecule has 0 saturated carbocycles. The minimum atomic E-state index is -0.250. The number of aromatic nitrogens is 2. The number of methoxy groups -OCH3 is 1.